The third kappa shape index (κ3) is 2.92. The number of nitrogens with zero attached hydrogens (tertiary/aromatic N) is 4. The zero-order valence-corrected chi connectivity index (χ0v) is 12.3. The van der Waals surface area contributed by atoms with Gasteiger partial charge in [-0.25, -0.2) is 4.68 Å². The fourth-order valence-corrected chi connectivity index (χ4v) is 2.88. The Kier molecular flexibility index (Phi) is 4.59. The van der Waals surface area contributed by atoms with Crippen LogP contribution in [0.3, 0.4) is 0 Å². The lowest BCUT2D eigenvalue weighted by Crippen LogP contribution is -2.38. The summed E-state index contributed by atoms with van der Waals surface area (Å²) >= 11 is 0. The monoisotopic (exact) mass is 282 g/mol. The van der Waals surface area contributed by atoms with Crippen molar-refractivity contribution in [2.24, 2.45) is 13.0 Å². The molecule has 0 radical (unpaired) electrons. The van der Waals surface area contributed by atoms with E-state index in [1.54, 1.807) is 18.7 Å². The average molecular weight is 282 g/mol. The van der Waals surface area contributed by atoms with Gasteiger partial charge in [0.05, 0.1) is 11.5 Å². The van der Waals surface area contributed by atoms with Crippen molar-refractivity contribution in [2.45, 2.75) is 26.7 Å². The van der Waals surface area contributed by atoms with Gasteiger partial charge in [-0.2, -0.15) is 5.10 Å². The molecule has 1 aromatic rings. The van der Waals surface area contributed by atoms with Gasteiger partial charge in [0.25, 0.3) is 0 Å². The topological polar surface area (TPSA) is 73.4 Å². The Bertz CT molecular complexity index is 486. The minimum absolute atomic E-state index is 0.129. The zero-order chi connectivity index (χ0) is 14.7. The first-order valence-corrected chi connectivity index (χ1v) is 7.05. The van der Waals surface area contributed by atoms with Crippen LogP contribution in [0.25, 0.3) is 0 Å². The van der Waals surface area contributed by atoms with Crippen molar-refractivity contribution in [1.29, 1.82) is 0 Å². The van der Waals surface area contributed by atoms with Crippen LogP contribution in [0.15, 0.2) is 0 Å². The third-order valence-corrected chi connectivity index (χ3v) is 3.72. The smallest absolute Gasteiger partial charge is 0.333 e. The second-order valence-electron chi connectivity index (χ2n) is 5.25. The number of anilines is 1. The molecule has 2 heterocycles. The molecule has 1 aromatic heterocycles. The average Bonchev–Trinajstić information content (AvgIpc) is 2.71. The highest BCUT2D eigenvalue weighted by atomic mass is 16.6. The maximum Gasteiger partial charge on any atom is 0.333 e. The molecule has 1 fully saturated rings. The Morgan fingerprint density at radius 3 is 2.95 bits per heavy atom. The molecule has 1 unspecified atom stereocenters. The molecule has 1 atom stereocenters. The van der Waals surface area contributed by atoms with Crippen molar-refractivity contribution in [3.63, 3.8) is 0 Å². The highest BCUT2D eigenvalue weighted by Crippen LogP contribution is 2.33. The van der Waals surface area contributed by atoms with Crippen LogP contribution in [0.1, 0.15) is 25.5 Å². The van der Waals surface area contributed by atoms with Gasteiger partial charge in [-0.3, -0.25) is 10.1 Å². The van der Waals surface area contributed by atoms with Crippen molar-refractivity contribution >= 4 is 11.5 Å². The van der Waals surface area contributed by atoms with Gasteiger partial charge in [-0.15, -0.1) is 0 Å². The van der Waals surface area contributed by atoms with Gasteiger partial charge in [-0.05, 0) is 32.6 Å². The molecular formula is C13H22N4O3. The van der Waals surface area contributed by atoms with Crippen molar-refractivity contribution in [3.8, 4) is 0 Å². The van der Waals surface area contributed by atoms with E-state index in [4.69, 9.17) is 4.74 Å². The fourth-order valence-electron chi connectivity index (χ4n) is 2.88. The van der Waals surface area contributed by atoms with E-state index in [9.17, 15) is 10.1 Å². The Balaban J connectivity index is 2.20. The second-order valence-corrected chi connectivity index (χ2v) is 5.25. The maximum absolute atomic E-state index is 11.3. The molecule has 0 spiro atoms. The van der Waals surface area contributed by atoms with Gasteiger partial charge in [-0.1, -0.05) is 0 Å². The predicted octanol–water partition coefficient (Wildman–Crippen LogP) is 1.89. The summed E-state index contributed by atoms with van der Waals surface area (Å²) in [5.74, 6) is 1.05. The lowest BCUT2D eigenvalue weighted by Gasteiger charge is -2.33. The summed E-state index contributed by atoms with van der Waals surface area (Å²) in [6.07, 6.45) is 2.14. The molecule has 1 aliphatic rings. The number of rotatable bonds is 5. The number of aromatic nitrogens is 2. The zero-order valence-electron chi connectivity index (χ0n) is 12.3. The summed E-state index contributed by atoms with van der Waals surface area (Å²) in [6, 6.07) is 0. The van der Waals surface area contributed by atoms with Crippen LogP contribution in [0.4, 0.5) is 11.5 Å². The van der Waals surface area contributed by atoms with Gasteiger partial charge in [0.15, 0.2) is 0 Å². The third-order valence-electron chi connectivity index (χ3n) is 3.72. The van der Waals surface area contributed by atoms with Crippen LogP contribution < -0.4 is 4.90 Å². The molecule has 1 saturated heterocycles. The first-order valence-electron chi connectivity index (χ1n) is 7.05. The van der Waals surface area contributed by atoms with E-state index in [-0.39, 0.29) is 10.6 Å². The van der Waals surface area contributed by atoms with Gasteiger partial charge in [0.2, 0.25) is 5.82 Å². The molecule has 2 rings (SSSR count). The van der Waals surface area contributed by atoms with E-state index in [0.29, 0.717) is 24.0 Å². The van der Waals surface area contributed by atoms with Crippen LogP contribution in [-0.2, 0) is 11.8 Å². The number of nitro groups is 1. The normalized spacial score (nSPS) is 19.4. The number of hydrogen-bond acceptors (Lipinski definition) is 5. The minimum Gasteiger partial charge on any atom is -0.381 e. The summed E-state index contributed by atoms with van der Waals surface area (Å²) in [6.45, 7) is 6.72. The quantitative estimate of drug-likeness (QED) is 0.609. The van der Waals surface area contributed by atoms with Gasteiger partial charge >= 0.3 is 5.69 Å². The molecule has 7 nitrogen and oxygen atoms in total. The van der Waals surface area contributed by atoms with Gasteiger partial charge in [0.1, 0.15) is 5.69 Å². The van der Waals surface area contributed by atoms with Crippen LogP contribution >= 0.6 is 0 Å². The number of piperidine rings is 1. The lowest BCUT2D eigenvalue weighted by molar-refractivity contribution is -0.384. The fraction of sp³-hybridized carbons (Fsp3) is 0.769. The lowest BCUT2D eigenvalue weighted by atomic mass is 9.99. The maximum atomic E-state index is 11.3. The largest absolute Gasteiger partial charge is 0.381 e. The summed E-state index contributed by atoms with van der Waals surface area (Å²) in [4.78, 5) is 13.0. The second kappa shape index (κ2) is 6.21. The Labute approximate surface area is 118 Å². The molecule has 0 bridgehead atoms. The number of aryl methyl sites for hydroxylation is 2. The summed E-state index contributed by atoms with van der Waals surface area (Å²) in [5, 5.41) is 15.4. The number of ether oxygens (including phenoxy) is 1. The van der Waals surface area contributed by atoms with E-state index in [0.717, 1.165) is 32.5 Å². The highest BCUT2D eigenvalue weighted by molar-refractivity contribution is 5.61. The van der Waals surface area contributed by atoms with E-state index in [1.807, 2.05) is 6.92 Å². The van der Waals surface area contributed by atoms with Crippen molar-refractivity contribution in [1.82, 2.24) is 9.78 Å². The highest BCUT2D eigenvalue weighted by Gasteiger charge is 2.31. The molecule has 7 heteroatoms. The molecule has 0 aliphatic carbocycles. The first-order chi connectivity index (χ1) is 9.54. The van der Waals surface area contributed by atoms with E-state index in [1.165, 1.54) is 0 Å². The first kappa shape index (κ1) is 14.8. The summed E-state index contributed by atoms with van der Waals surface area (Å²) < 4.78 is 7.11. The van der Waals surface area contributed by atoms with E-state index >= 15 is 0 Å². The van der Waals surface area contributed by atoms with E-state index < -0.39 is 0 Å². The molecule has 0 saturated carbocycles. The van der Waals surface area contributed by atoms with Crippen LogP contribution in [0.5, 0.6) is 0 Å². The van der Waals surface area contributed by atoms with Crippen LogP contribution in [0.2, 0.25) is 0 Å². The molecule has 112 valence electrons. The van der Waals surface area contributed by atoms with Crippen molar-refractivity contribution in [2.75, 3.05) is 31.2 Å². The predicted molar refractivity (Wildman–Crippen MR) is 76.0 cm³/mol. The van der Waals surface area contributed by atoms with Gasteiger partial charge < -0.3 is 9.64 Å². The minimum atomic E-state index is -0.330. The standard InChI is InChI=1S/C13H22N4O3/c1-4-20-9-11-6-5-7-16(8-11)13-12(17(18)19)10(2)14-15(13)3/h11H,4-9H2,1-3H3. The summed E-state index contributed by atoms with van der Waals surface area (Å²) in [7, 11) is 1.77. The van der Waals surface area contributed by atoms with Crippen LogP contribution in [-0.4, -0.2) is 41.0 Å². The Morgan fingerprint density at radius 2 is 2.30 bits per heavy atom. The van der Waals surface area contributed by atoms with Crippen molar-refractivity contribution in [3.05, 3.63) is 15.8 Å². The summed E-state index contributed by atoms with van der Waals surface area (Å²) in [5.41, 5.74) is 0.601. The Morgan fingerprint density at radius 1 is 1.55 bits per heavy atom. The molecule has 1 aliphatic heterocycles. The molecular weight excluding hydrogens is 260 g/mol. The molecule has 20 heavy (non-hydrogen) atoms. The molecule has 0 N–H and O–H groups in total. The van der Waals surface area contributed by atoms with E-state index in [2.05, 4.69) is 10.00 Å². The van der Waals surface area contributed by atoms with Crippen molar-refractivity contribution < 1.29 is 9.66 Å². The van der Waals surface area contributed by atoms with Gasteiger partial charge in [0, 0.05) is 26.7 Å². The SMILES string of the molecule is CCOCC1CCCN(c2c([N+](=O)[O-])c(C)nn2C)C1. The Hall–Kier alpha value is -1.63. The van der Waals surface area contributed by atoms with Crippen LogP contribution in [0, 0.1) is 23.0 Å². The number of hydrogen-bond donors (Lipinski definition) is 0. The molecule has 0 amide bonds. The molecule has 0 aromatic carbocycles.